The molecule has 0 amide bonds. The van der Waals surface area contributed by atoms with Crippen LogP contribution in [0.2, 0.25) is 0 Å². The number of allylic oxidation sites excluding steroid dienone is 1. The van der Waals surface area contributed by atoms with Gasteiger partial charge in [0, 0.05) is 5.57 Å². The molecule has 0 fully saturated rings. The Bertz CT molecular complexity index is 337. The van der Waals surface area contributed by atoms with Crippen LogP contribution in [-0.4, -0.2) is 22.0 Å². The van der Waals surface area contributed by atoms with Crippen LogP contribution in [0.3, 0.4) is 0 Å². The number of hydrogen-bond donors (Lipinski definition) is 2. The van der Waals surface area contributed by atoms with E-state index in [1.165, 1.54) is 6.92 Å². The standard InChI is InChI=1S/C10H19O6P/c1-5-9(6-2)7(3)10(11)15-8(4)16-17(12,13)14/h8H,5-6H2,1-4H3,(H2,12,13,14). The van der Waals surface area contributed by atoms with E-state index in [9.17, 15) is 9.36 Å². The summed E-state index contributed by atoms with van der Waals surface area (Å²) in [7, 11) is -4.64. The van der Waals surface area contributed by atoms with Crippen molar-refractivity contribution >= 4 is 13.8 Å². The van der Waals surface area contributed by atoms with Gasteiger partial charge in [0.1, 0.15) is 0 Å². The van der Waals surface area contributed by atoms with Crippen molar-refractivity contribution in [2.75, 3.05) is 0 Å². The summed E-state index contributed by atoms with van der Waals surface area (Å²) >= 11 is 0. The smallest absolute Gasteiger partial charge is 0.432 e. The predicted octanol–water partition coefficient (Wildman–Crippen LogP) is 2.12. The lowest BCUT2D eigenvalue weighted by atomic mass is 10.1. The number of phosphoric acid groups is 1. The molecule has 0 bridgehead atoms. The zero-order valence-electron chi connectivity index (χ0n) is 10.5. The highest BCUT2D eigenvalue weighted by Crippen LogP contribution is 2.37. The number of carbonyl (C=O) groups is 1. The van der Waals surface area contributed by atoms with Crippen LogP contribution < -0.4 is 0 Å². The van der Waals surface area contributed by atoms with Crippen molar-refractivity contribution in [1.82, 2.24) is 0 Å². The minimum Gasteiger partial charge on any atom is -0.432 e. The molecule has 7 heteroatoms. The summed E-state index contributed by atoms with van der Waals surface area (Å²) in [6.45, 7) is 6.72. The van der Waals surface area contributed by atoms with Gasteiger partial charge < -0.3 is 14.5 Å². The summed E-state index contributed by atoms with van der Waals surface area (Å²) in [6.07, 6.45) is 0.171. The van der Waals surface area contributed by atoms with Crippen LogP contribution in [-0.2, 0) is 18.6 Å². The van der Waals surface area contributed by atoms with Gasteiger partial charge >= 0.3 is 13.8 Å². The van der Waals surface area contributed by atoms with Crippen molar-refractivity contribution in [1.29, 1.82) is 0 Å². The molecule has 0 aliphatic heterocycles. The van der Waals surface area contributed by atoms with Gasteiger partial charge in [0.25, 0.3) is 0 Å². The van der Waals surface area contributed by atoms with Gasteiger partial charge in [-0.2, -0.15) is 0 Å². The van der Waals surface area contributed by atoms with Gasteiger partial charge in [-0.05, 0) is 26.7 Å². The molecule has 0 rings (SSSR count). The molecule has 2 N–H and O–H groups in total. The SMILES string of the molecule is CCC(CC)=C(C)C(=O)OC(C)OP(=O)(O)O. The van der Waals surface area contributed by atoms with Gasteiger partial charge in [-0.1, -0.05) is 19.4 Å². The first kappa shape index (κ1) is 16.3. The van der Waals surface area contributed by atoms with Gasteiger partial charge in [-0.25, -0.2) is 13.9 Å². The minimum atomic E-state index is -4.64. The van der Waals surface area contributed by atoms with E-state index >= 15 is 0 Å². The maximum absolute atomic E-state index is 11.6. The average Bonchev–Trinajstić information content (AvgIpc) is 2.16. The summed E-state index contributed by atoms with van der Waals surface area (Å²) in [4.78, 5) is 28.6. The highest BCUT2D eigenvalue weighted by atomic mass is 31.2. The number of esters is 1. The van der Waals surface area contributed by atoms with Crippen LogP contribution >= 0.6 is 7.82 Å². The first-order valence-electron chi connectivity index (χ1n) is 5.34. The summed E-state index contributed by atoms with van der Waals surface area (Å²) in [5, 5.41) is 0. The highest BCUT2D eigenvalue weighted by molar-refractivity contribution is 7.46. The topological polar surface area (TPSA) is 93.1 Å². The maximum atomic E-state index is 11.6. The van der Waals surface area contributed by atoms with E-state index in [0.29, 0.717) is 5.57 Å². The molecule has 6 nitrogen and oxygen atoms in total. The number of carbonyl (C=O) groups excluding carboxylic acids is 1. The first-order chi connectivity index (χ1) is 7.71. The Morgan fingerprint density at radius 1 is 1.29 bits per heavy atom. The quantitative estimate of drug-likeness (QED) is 0.331. The Labute approximate surface area is 101 Å². The maximum Gasteiger partial charge on any atom is 0.472 e. The van der Waals surface area contributed by atoms with Gasteiger partial charge in [0.15, 0.2) is 0 Å². The Kier molecular flexibility index (Phi) is 6.64. The number of rotatable bonds is 6. The summed E-state index contributed by atoms with van der Waals surface area (Å²) in [5.41, 5.74) is 1.40. The molecule has 1 unspecified atom stereocenters. The molecule has 0 aliphatic carbocycles. The van der Waals surface area contributed by atoms with Crippen molar-refractivity contribution in [2.45, 2.75) is 46.8 Å². The van der Waals surface area contributed by atoms with Gasteiger partial charge in [-0.15, -0.1) is 0 Å². The van der Waals surface area contributed by atoms with E-state index in [-0.39, 0.29) is 0 Å². The Morgan fingerprint density at radius 2 is 1.76 bits per heavy atom. The van der Waals surface area contributed by atoms with Crippen LogP contribution in [0.4, 0.5) is 0 Å². The fraction of sp³-hybridized carbons (Fsp3) is 0.700. The Morgan fingerprint density at radius 3 is 2.12 bits per heavy atom. The third-order valence-electron chi connectivity index (χ3n) is 2.25. The van der Waals surface area contributed by atoms with Crippen molar-refractivity contribution in [3.8, 4) is 0 Å². The van der Waals surface area contributed by atoms with Crippen LogP contribution in [0.1, 0.15) is 40.5 Å². The third-order valence-corrected chi connectivity index (χ3v) is 2.82. The first-order valence-corrected chi connectivity index (χ1v) is 6.87. The molecule has 1 atom stereocenters. The lowest BCUT2D eigenvalue weighted by Gasteiger charge is -2.15. The predicted molar refractivity (Wildman–Crippen MR) is 62.0 cm³/mol. The second-order valence-electron chi connectivity index (χ2n) is 3.50. The monoisotopic (exact) mass is 266 g/mol. The summed E-state index contributed by atoms with van der Waals surface area (Å²) in [5.74, 6) is -0.621. The second-order valence-corrected chi connectivity index (χ2v) is 4.70. The van der Waals surface area contributed by atoms with Crippen LogP contribution in [0.15, 0.2) is 11.1 Å². The van der Waals surface area contributed by atoms with Crippen molar-refractivity contribution in [3.63, 3.8) is 0 Å². The zero-order chi connectivity index (χ0) is 13.6. The zero-order valence-corrected chi connectivity index (χ0v) is 11.4. The normalized spacial score (nSPS) is 13.1. The molecule has 0 saturated heterocycles. The molecular weight excluding hydrogens is 247 g/mol. The molecule has 0 aromatic rings. The van der Waals surface area contributed by atoms with Crippen molar-refractivity contribution in [2.24, 2.45) is 0 Å². The van der Waals surface area contributed by atoms with Crippen LogP contribution in [0.5, 0.6) is 0 Å². The average molecular weight is 266 g/mol. The summed E-state index contributed by atoms with van der Waals surface area (Å²) < 4.78 is 19.5. The van der Waals surface area contributed by atoms with E-state index in [1.807, 2.05) is 13.8 Å². The van der Waals surface area contributed by atoms with Crippen molar-refractivity contribution < 1.29 is 28.4 Å². The van der Waals surface area contributed by atoms with Gasteiger partial charge in [-0.3, -0.25) is 0 Å². The van der Waals surface area contributed by atoms with Gasteiger partial charge in [0.05, 0.1) is 0 Å². The summed E-state index contributed by atoms with van der Waals surface area (Å²) in [6, 6.07) is 0. The molecule has 0 aromatic carbocycles. The van der Waals surface area contributed by atoms with E-state index < -0.39 is 20.1 Å². The number of hydrogen-bond acceptors (Lipinski definition) is 4. The number of ether oxygens (including phenoxy) is 1. The molecule has 17 heavy (non-hydrogen) atoms. The van der Waals surface area contributed by atoms with E-state index in [0.717, 1.165) is 18.4 Å². The fourth-order valence-electron chi connectivity index (χ4n) is 1.38. The second kappa shape index (κ2) is 6.91. The molecule has 0 aromatic heterocycles. The van der Waals surface area contributed by atoms with E-state index in [2.05, 4.69) is 4.52 Å². The largest absolute Gasteiger partial charge is 0.472 e. The molecule has 0 spiro atoms. The Hall–Kier alpha value is -0.680. The molecule has 100 valence electrons. The molecule has 0 heterocycles. The van der Waals surface area contributed by atoms with E-state index in [4.69, 9.17) is 14.5 Å². The van der Waals surface area contributed by atoms with Crippen LogP contribution in [0.25, 0.3) is 0 Å². The molecule has 0 aliphatic rings. The highest BCUT2D eigenvalue weighted by Gasteiger charge is 2.22. The fourth-order valence-corrected chi connectivity index (χ4v) is 1.81. The van der Waals surface area contributed by atoms with Crippen molar-refractivity contribution in [3.05, 3.63) is 11.1 Å². The molecule has 0 saturated carbocycles. The molecular formula is C10H19O6P. The third kappa shape index (κ3) is 6.58. The lowest BCUT2D eigenvalue weighted by Crippen LogP contribution is -2.18. The minimum absolute atomic E-state index is 0.455. The van der Waals surface area contributed by atoms with Crippen LogP contribution in [0, 0.1) is 0 Å². The number of phosphoric ester groups is 1. The van der Waals surface area contributed by atoms with E-state index in [1.54, 1.807) is 6.92 Å². The van der Waals surface area contributed by atoms with Gasteiger partial charge in [0.2, 0.25) is 6.29 Å². The Balaban J connectivity index is 4.55. The lowest BCUT2D eigenvalue weighted by molar-refractivity contribution is -0.157. The molecule has 0 radical (unpaired) electrons.